The van der Waals surface area contributed by atoms with Crippen LogP contribution in [0.4, 0.5) is 28.4 Å². The Kier molecular flexibility index (Phi) is 10.8. The van der Waals surface area contributed by atoms with Crippen molar-refractivity contribution in [3.05, 3.63) is 259 Å². The summed E-state index contributed by atoms with van der Waals surface area (Å²) in [6, 6.07) is 73.6. The van der Waals surface area contributed by atoms with Crippen LogP contribution in [0, 0.1) is 5.92 Å². The number of allylic oxidation sites excluding steroid dienone is 8. The number of para-hydroxylation sites is 2. The van der Waals surface area contributed by atoms with Gasteiger partial charge in [0.2, 0.25) is 0 Å². The van der Waals surface area contributed by atoms with Crippen LogP contribution in [0.15, 0.2) is 236 Å². The molecular formula is C64H54N2. The fourth-order valence-electron chi connectivity index (χ4n) is 10.4. The van der Waals surface area contributed by atoms with Gasteiger partial charge in [-0.15, -0.1) is 0 Å². The maximum Gasteiger partial charge on any atom is 0.0540 e. The van der Waals surface area contributed by atoms with Gasteiger partial charge in [-0.05, 0) is 147 Å². The van der Waals surface area contributed by atoms with Crippen LogP contribution in [0.25, 0.3) is 44.5 Å². The van der Waals surface area contributed by atoms with Crippen molar-refractivity contribution in [2.24, 2.45) is 5.92 Å². The average Bonchev–Trinajstić information content (AvgIpc) is 3.61. The van der Waals surface area contributed by atoms with E-state index in [9.17, 15) is 0 Å². The third-order valence-corrected chi connectivity index (χ3v) is 14.0. The smallest absolute Gasteiger partial charge is 0.0540 e. The molecule has 0 aliphatic heterocycles. The van der Waals surface area contributed by atoms with Gasteiger partial charge >= 0.3 is 0 Å². The van der Waals surface area contributed by atoms with Crippen LogP contribution in [0.2, 0.25) is 0 Å². The van der Waals surface area contributed by atoms with Gasteiger partial charge in [0.15, 0.2) is 0 Å². The summed E-state index contributed by atoms with van der Waals surface area (Å²) in [6.07, 6.45) is 14.7. The first-order valence-electron chi connectivity index (χ1n) is 23.5. The van der Waals surface area contributed by atoms with Gasteiger partial charge < -0.3 is 9.80 Å². The van der Waals surface area contributed by atoms with Gasteiger partial charge in [-0.25, -0.2) is 0 Å². The van der Waals surface area contributed by atoms with Crippen molar-refractivity contribution in [2.45, 2.75) is 45.4 Å². The van der Waals surface area contributed by atoms with E-state index >= 15 is 0 Å². The molecule has 3 aliphatic carbocycles. The Labute approximate surface area is 390 Å². The first kappa shape index (κ1) is 41.1. The average molecular weight is 851 g/mol. The quantitative estimate of drug-likeness (QED) is 0.135. The Morgan fingerprint density at radius 2 is 1.02 bits per heavy atom. The van der Waals surface area contributed by atoms with Gasteiger partial charge in [0.05, 0.1) is 5.69 Å². The van der Waals surface area contributed by atoms with Crippen LogP contribution in [0.5, 0.6) is 0 Å². The van der Waals surface area contributed by atoms with Crippen molar-refractivity contribution < 1.29 is 0 Å². The molecule has 8 aromatic carbocycles. The molecule has 11 rings (SSSR count). The normalized spacial score (nSPS) is 15.8. The summed E-state index contributed by atoms with van der Waals surface area (Å²) < 4.78 is 0. The predicted molar refractivity (Wildman–Crippen MR) is 281 cm³/mol. The number of fused-ring (bicyclic) bond motifs is 3. The van der Waals surface area contributed by atoms with Crippen molar-refractivity contribution in [1.82, 2.24) is 0 Å². The molecule has 3 aliphatic rings. The number of rotatable bonds is 10. The van der Waals surface area contributed by atoms with Gasteiger partial charge in [-0.2, -0.15) is 0 Å². The van der Waals surface area contributed by atoms with Crippen LogP contribution < -0.4 is 9.80 Å². The molecule has 2 nitrogen and oxygen atoms in total. The lowest BCUT2D eigenvalue weighted by atomic mass is 9.82. The van der Waals surface area contributed by atoms with Crippen molar-refractivity contribution >= 4 is 39.6 Å². The molecule has 0 heterocycles. The third-order valence-electron chi connectivity index (χ3n) is 14.0. The molecule has 0 radical (unpaired) electrons. The van der Waals surface area contributed by atoms with Crippen molar-refractivity contribution in [3.63, 3.8) is 0 Å². The molecular weight excluding hydrogens is 797 g/mol. The van der Waals surface area contributed by atoms with Crippen molar-refractivity contribution in [1.29, 1.82) is 0 Å². The van der Waals surface area contributed by atoms with Gasteiger partial charge in [0.25, 0.3) is 0 Å². The lowest BCUT2D eigenvalue weighted by Gasteiger charge is -2.32. The summed E-state index contributed by atoms with van der Waals surface area (Å²) in [7, 11) is 0. The minimum absolute atomic E-state index is 0.121. The van der Waals surface area contributed by atoms with E-state index in [4.69, 9.17) is 0 Å². The van der Waals surface area contributed by atoms with Gasteiger partial charge in [0.1, 0.15) is 0 Å². The third kappa shape index (κ3) is 7.63. The summed E-state index contributed by atoms with van der Waals surface area (Å²) in [6.45, 7) is 7.04. The fraction of sp³-hybridized carbons (Fsp3) is 0.125. The van der Waals surface area contributed by atoms with Gasteiger partial charge in [-0.1, -0.05) is 191 Å². The highest BCUT2D eigenvalue weighted by Crippen LogP contribution is 2.52. The number of benzene rings is 8. The summed E-state index contributed by atoms with van der Waals surface area (Å²) in [5.41, 5.74) is 22.2. The largest absolute Gasteiger partial charge is 0.314 e. The minimum atomic E-state index is -0.121. The number of hydrogen-bond donors (Lipinski definition) is 0. The summed E-state index contributed by atoms with van der Waals surface area (Å²) in [5.74, 6) is 0.494. The van der Waals surface area contributed by atoms with E-state index in [0.29, 0.717) is 5.92 Å². The summed E-state index contributed by atoms with van der Waals surface area (Å²) >= 11 is 0. The van der Waals surface area contributed by atoms with E-state index < -0.39 is 0 Å². The molecule has 0 saturated heterocycles. The molecule has 320 valence electrons. The maximum absolute atomic E-state index is 2.49. The molecule has 2 heteroatoms. The topological polar surface area (TPSA) is 6.48 Å². The highest BCUT2D eigenvalue weighted by atomic mass is 15.2. The van der Waals surface area contributed by atoms with Crippen LogP contribution >= 0.6 is 0 Å². The lowest BCUT2D eigenvalue weighted by Crippen LogP contribution is -2.18. The zero-order chi connectivity index (χ0) is 44.6. The maximum atomic E-state index is 2.49. The molecule has 0 amide bonds. The van der Waals surface area contributed by atoms with Crippen LogP contribution in [-0.2, 0) is 5.41 Å². The molecule has 0 saturated carbocycles. The second-order valence-electron chi connectivity index (χ2n) is 18.5. The lowest BCUT2D eigenvalue weighted by molar-refractivity contribution is 0.660. The zero-order valence-corrected chi connectivity index (χ0v) is 38.0. The number of nitrogens with zero attached hydrogens (tertiary/aromatic N) is 2. The molecule has 1 atom stereocenters. The molecule has 0 spiro atoms. The van der Waals surface area contributed by atoms with E-state index in [2.05, 4.69) is 261 Å². The van der Waals surface area contributed by atoms with Crippen LogP contribution in [-0.4, -0.2) is 0 Å². The second kappa shape index (κ2) is 17.4. The van der Waals surface area contributed by atoms with E-state index in [1.165, 1.54) is 72.5 Å². The van der Waals surface area contributed by atoms with E-state index in [1.54, 1.807) is 0 Å². The van der Waals surface area contributed by atoms with E-state index in [1.807, 2.05) is 0 Å². The Morgan fingerprint density at radius 1 is 0.439 bits per heavy atom. The Hall–Kier alpha value is -7.68. The number of anilines is 5. The van der Waals surface area contributed by atoms with Crippen LogP contribution in [0.1, 0.15) is 62.3 Å². The highest BCUT2D eigenvalue weighted by Gasteiger charge is 2.36. The van der Waals surface area contributed by atoms with Crippen LogP contribution in [0.3, 0.4) is 0 Å². The summed E-state index contributed by atoms with van der Waals surface area (Å²) in [5, 5.41) is 0. The molecule has 8 aromatic rings. The SMILES string of the molecule is CC1C=CC(c2cc(N(C3=CC=C(c4ccccc4)CC3)c3ccc(-c4ccccc4)cc3)ccc2-c2ccccc2N(c2ccccc2)c2ccc3c(c2)C(C)(C)c2ccccc2-3)=CC1. The van der Waals surface area contributed by atoms with E-state index in [0.717, 1.165) is 47.7 Å². The molecule has 1 unspecified atom stereocenters. The highest BCUT2D eigenvalue weighted by molar-refractivity contribution is 5.96. The zero-order valence-electron chi connectivity index (χ0n) is 38.0. The fourth-order valence-corrected chi connectivity index (χ4v) is 10.4. The second-order valence-corrected chi connectivity index (χ2v) is 18.5. The van der Waals surface area contributed by atoms with E-state index in [-0.39, 0.29) is 5.41 Å². The number of hydrogen-bond acceptors (Lipinski definition) is 2. The Balaban J connectivity index is 1.07. The molecule has 0 N–H and O–H groups in total. The van der Waals surface area contributed by atoms with Crippen molar-refractivity contribution in [2.75, 3.05) is 9.80 Å². The predicted octanol–water partition coefficient (Wildman–Crippen LogP) is 17.7. The first-order valence-corrected chi connectivity index (χ1v) is 23.5. The molecule has 0 aromatic heterocycles. The standard InChI is InChI=1S/C64H54N2/c1-45-27-29-50(30-28-45)60-43-54(65(52-35-31-48(32-36-52)46-17-7-4-8-18-46)53-37-33-49(34-38-53)47-19-9-5-10-20-47)39-41-56(60)59-24-14-16-26-63(59)66(51-21-11-6-12-22-51)55-40-42-58-57-23-13-15-25-61(57)64(2,3)62(58)44-55/h4-27,29-33,35-37,39-45H,28,34,38H2,1-3H3. The molecule has 0 fully saturated rings. The Morgan fingerprint density at radius 3 is 1.71 bits per heavy atom. The Bertz CT molecular complexity index is 3190. The van der Waals surface area contributed by atoms with Crippen molar-refractivity contribution in [3.8, 4) is 33.4 Å². The molecule has 0 bridgehead atoms. The van der Waals surface area contributed by atoms with Gasteiger partial charge in [-0.3, -0.25) is 0 Å². The van der Waals surface area contributed by atoms with Gasteiger partial charge in [0, 0.05) is 39.4 Å². The molecule has 66 heavy (non-hydrogen) atoms. The minimum Gasteiger partial charge on any atom is -0.314 e. The monoisotopic (exact) mass is 850 g/mol. The summed E-state index contributed by atoms with van der Waals surface area (Å²) in [4.78, 5) is 4.95. The first-order chi connectivity index (χ1) is 32.4.